The number of carboxylic acids is 1. The van der Waals surface area contributed by atoms with Gasteiger partial charge < -0.3 is 5.11 Å². The molecule has 0 atom stereocenters. The van der Waals surface area contributed by atoms with Crippen LogP contribution in [0.1, 0.15) is 5.56 Å². The number of hydrogen-bond donors (Lipinski definition) is 1. The Labute approximate surface area is 99.5 Å². The van der Waals surface area contributed by atoms with E-state index in [4.69, 9.17) is 5.11 Å². The second-order valence-corrected chi connectivity index (χ2v) is 4.10. The number of nitrogens with zero attached hydrogens (tertiary/aromatic N) is 2. The number of likely N-dealkylation sites (N-methyl/N-ethyl adjacent to an activating group) is 1. The first-order chi connectivity index (χ1) is 8.15. The Balaban J connectivity index is 2.16. The van der Waals surface area contributed by atoms with Crippen molar-refractivity contribution in [2.24, 2.45) is 0 Å². The monoisotopic (exact) mass is 230 g/mol. The van der Waals surface area contributed by atoms with Gasteiger partial charge >= 0.3 is 5.97 Å². The Bertz CT molecular complexity index is 540. The van der Waals surface area contributed by atoms with Gasteiger partial charge in [-0.25, -0.2) is 0 Å². The smallest absolute Gasteiger partial charge is 0.317 e. The summed E-state index contributed by atoms with van der Waals surface area (Å²) < 4.78 is 0. The average molecular weight is 230 g/mol. The van der Waals surface area contributed by atoms with Crippen LogP contribution in [0.3, 0.4) is 0 Å². The van der Waals surface area contributed by atoms with Crippen LogP contribution < -0.4 is 0 Å². The van der Waals surface area contributed by atoms with E-state index in [2.05, 4.69) is 4.98 Å². The Morgan fingerprint density at radius 2 is 2.24 bits per heavy atom. The predicted molar refractivity (Wildman–Crippen MR) is 65.7 cm³/mol. The van der Waals surface area contributed by atoms with Crippen molar-refractivity contribution in [1.82, 2.24) is 9.88 Å². The van der Waals surface area contributed by atoms with Gasteiger partial charge in [0.15, 0.2) is 0 Å². The molecular weight excluding hydrogens is 216 g/mol. The zero-order chi connectivity index (χ0) is 12.3. The van der Waals surface area contributed by atoms with Crippen LogP contribution >= 0.6 is 0 Å². The molecule has 2 aromatic rings. The minimum Gasteiger partial charge on any atom is -0.480 e. The predicted octanol–water partition coefficient (Wildman–Crippen LogP) is 1.75. The zero-order valence-electron chi connectivity index (χ0n) is 9.63. The molecule has 17 heavy (non-hydrogen) atoms. The Morgan fingerprint density at radius 3 is 3.00 bits per heavy atom. The number of aliphatic carboxylic acids is 1. The topological polar surface area (TPSA) is 53.4 Å². The van der Waals surface area contributed by atoms with E-state index in [0.29, 0.717) is 6.54 Å². The summed E-state index contributed by atoms with van der Waals surface area (Å²) >= 11 is 0. The first-order valence-electron chi connectivity index (χ1n) is 5.39. The summed E-state index contributed by atoms with van der Waals surface area (Å²) in [5.74, 6) is -0.810. The summed E-state index contributed by atoms with van der Waals surface area (Å²) in [6.45, 7) is 0.669. The molecule has 4 heteroatoms. The van der Waals surface area contributed by atoms with Gasteiger partial charge in [0.25, 0.3) is 0 Å². The van der Waals surface area contributed by atoms with Crippen LogP contribution in [0.5, 0.6) is 0 Å². The lowest BCUT2D eigenvalue weighted by Gasteiger charge is -2.14. The van der Waals surface area contributed by atoms with E-state index >= 15 is 0 Å². The van der Waals surface area contributed by atoms with Gasteiger partial charge in [-0.2, -0.15) is 0 Å². The summed E-state index contributed by atoms with van der Waals surface area (Å²) in [6.07, 6.45) is 1.76. The molecule has 4 nitrogen and oxygen atoms in total. The molecule has 0 bridgehead atoms. The van der Waals surface area contributed by atoms with E-state index in [-0.39, 0.29) is 6.54 Å². The molecule has 88 valence electrons. The normalized spacial score (nSPS) is 10.9. The number of hydrogen-bond acceptors (Lipinski definition) is 3. The molecule has 0 aliphatic rings. The van der Waals surface area contributed by atoms with Crippen LogP contribution in [0.15, 0.2) is 36.5 Å². The zero-order valence-corrected chi connectivity index (χ0v) is 9.63. The van der Waals surface area contributed by atoms with Crippen molar-refractivity contribution in [3.8, 4) is 0 Å². The fourth-order valence-corrected chi connectivity index (χ4v) is 1.82. The fraction of sp³-hybridized carbons (Fsp3) is 0.231. The first kappa shape index (κ1) is 11.5. The molecule has 1 N–H and O–H groups in total. The van der Waals surface area contributed by atoms with Gasteiger partial charge in [-0.15, -0.1) is 0 Å². The van der Waals surface area contributed by atoms with Crippen molar-refractivity contribution < 1.29 is 9.90 Å². The lowest BCUT2D eigenvalue weighted by atomic mass is 10.1. The number of carboxylic acid groups (broad SMARTS) is 1. The number of fused-ring (bicyclic) bond motifs is 1. The SMILES string of the molecule is CN(CC(=O)O)Cc1ccc2ncccc2c1. The third-order valence-electron chi connectivity index (χ3n) is 2.53. The Morgan fingerprint density at radius 1 is 1.41 bits per heavy atom. The molecule has 1 aromatic carbocycles. The van der Waals surface area contributed by atoms with Crippen LogP contribution in [0.25, 0.3) is 10.9 Å². The van der Waals surface area contributed by atoms with Gasteiger partial charge in [0.2, 0.25) is 0 Å². The average Bonchev–Trinajstić information content (AvgIpc) is 2.27. The van der Waals surface area contributed by atoms with Gasteiger partial charge in [-0.05, 0) is 30.8 Å². The quantitative estimate of drug-likeness (QED) is 0.869. The number of pyridine rings is 1. The van der Waals surface area contributed by atoms with Gasteiger partial charge in [0, 0.05) is 18.1 Å². The van der Waals surface area contributed by atoms with E-state index in [0.717, 1.165) is 16.5 Å². The van der Waals surface area contributed by atoms with Crippen LogP contribution in [-0.2, 0) is 11.3 Å². The maximum atomic E-state index is 10.6. The number of rotatable bonds is 4. The van der Waals surface area contributed by atoms with Crippen molar-refractivity contribution in [1.29, 1.82) is 0 Å². The third kappa shape index (κ3) is 3.01. The van der Waals surface area contributed by atoms with E-state index < -0.39 is 5.97 Å². The molecule has 1 aromatic heterocycles. The highest BCUT2D eigenvalue weighted by molar-refractivity contribution is 5.78. The Hall–Kier alpha value is -1.94. The summed E-state index contributed by atoms with van der Waals surface area (Å²) in [5, 5.41) is 9.76. The number of carbonyl (C=O) groups is 1. The molecule has 0 amide bonds. The van der Waals surface area contributed by atoms with Gasteiger partial charge in [-0.3, -0.25) is 14.7 Å². The molecule has 1 heterocycles. The number of benzene rings is 1. The lowest BCUT2D eigenvalue weighted by Crippen LogP contribution is -2.25. The highest BCUT2D eigenvalue weighted by atomic mass is 16.4. The number of aromatic nitrogens is 1. The largest absolute Gasteiger partial charge is 0.480 e. The second-order valence-electron chi connectivity index (χ2n) is 4.10. The second kappa shape index (κ2) is 4.93. The van der Waals surface area contributed by atoms with Gasteiger partial charge in [0.1, 0.15) is 0 Å². The summed E-state index contributed by atoms with van der Waals surface area (Å²) in [6, 6.07) is 9.88. The molecule has 0 fully saturated rings. The van der Waals surface area contributed by atoms with Gasteiger partial charge in [0.05, 0.1) is 12.1 Å². The maximum Gasteiger partial charge on any atom is 0.317 e. The van der Waals surface area contributed by atoms with Crippen molar-refractivity contribution >= 4 is 16.9 Å². The molecule has 0 aliphatic heterocycles. The van der Waals surface area contributed by atoms with Crippen molar-refractivity contribution in [2.75, 3.05) is 13.6 Å². The van der Waals surface area contributed by atoms with Crippen molar-refractivity contribution in [3.05, 3.63) is 42.1 Å². The molecular formula is C13H14N2O2. The highest BCUT2D eigenvalue weighted by Gasteiger charge is 2.05. The van der Waals surface area contributed by atoms with Gasteiger partial charge in [-0.1, -0.05) is 12.1 Å². The van der Waals surface area contributed by atoms with E-state index in [1.54, 1.807) is 18.1 Å². The van der Waals surface area contributed by atoms with Crippen molar-refractivity contribution in [2.45, 2.75) is 6.54 Å². The molecule has 0 saturated heterocycles. The molecule has 0 spiro atoms. The summed E-state index contributed by atoms with van der Waals surface area (Å²) in [4.78, 5) is 16.6. The highest BCUT2D eigenvalue weighted by Crippen LogP contribution is 2.14. The third-order valence-corrected chi connectivity index (χ3v) is 2.53. The standard InChI is InChI=1S/C13H14N2O2/c1-15(9-13(16)17)8-10-4-5-12-11(7-10)3-2-6-14-12/h2-7H,8-9H2,1H3,(H,16,17). The molecule has 0 radical (unpaired) electrons. The molecule has 0 unspecified atom stereocenters. The minimum absolute atomic E-state index is 0.0467. The molecule has 0 saturated carbocycles. The molecule has 2 rings (SSSR count). The summed E-state index contributed by atoms with van der Waals surface area (Å²) in [5.41, 5.74) is 2.05. The van der Waals surface area contributed by atoms with Crippen LogP contribution in [0.4, 0.5) is 0 Å². The Kier molecular flexibility index (Phi) is 3.35. The minimum atomic E-state index is -0.810. The van der Waals surface area contributed by atoms with E-state index in [1.807, 2.05) is 30.3 Å². The van der Waals surface area contributed by atoms with E-state index in [1.165, 1.54) is 0 Å². The maximum absolute atomic E-state index is 10.6. The van der Waals surface area contributed by atoms with Crippen LogP contribution in [0.2, 0.25) is 0 Å². The van der Waals surface area contributed by atoms with Crippen molar-refractivity contribution in [3.63, 3.8) is 0 Å². The first-order valence-corrected chi connectivity index (χ1v) is 5.39. The van der Waals surface area contributed by atoms with Crippen LogP contribution in [-0.4, -0.2) is 34.6 Å². The lowest BCUT2D eigenvalue weighted by molar-refractivity contribution is -0.138. The van der Waals surface area contributed by atoms with Crippen LogP contribution in [0, 0.1) is 0 Å². The van der Waals surface area contributed by atoms with E-state index in [9.17, 15) is 4.79 Å². The molecule has 0 aliphatic carbocycles. The fourth-order valence-electron chi connectivity index (χ4n) is 1.82. The summed E-state index contributed by atoms with van der Waals surface area (Å²) in [7, 11) is 1.79.